The van der Waals surface area contributed by atoms with Crippen molar-refractivity contribution in [3.8, 4) is 0 Å². The fourth-order valence-electron chi connectivity index (χ4n) is 4.04. The first kappa shape index (κ1) is 10.6. The molecule has 0 radical (unpaired) electrons. The minimum absolute atomic E-state index is 0.759. The number of aromatic amines is 1. The van der Waals surface area contributed by atoms with E-state index in [2.05, 4.69) is 42.1 Å². The summed E-state index contributed by atoms with van der Waals surface area (Å²) < 4.78 is 0. The first-order valence-corrected chi connectivity index (χ1v) is 7.02. The summed E-state index contributed by atoms with van der Waals surface area (Å²) in [6, 6.07) is 6.82. The third kappa shape index (κ3) is 1.39. The normalized spacial score (nSPS) is 27.4. The molecule has 1 aromatic carbocycles. The lowest BCUT2D eigenvalue weighted by molar-refractivity contribution is 0.386. The molecule has 2 aliphatic rings. The maximum absolute atomic E-state index is 3.65. The van der Waals surface area contributed by atoms with Crippen molar-refractivity contribution >= 4 is 10.9 Å². The van der Waals surface area contributed by atoms with Crippen LogP contribution < -0.4 is 0 Å². The topological polar surface area (TPSA) is 19.0 Å². The molecule has 18 heavy (non-hydrogen) atoms. The number of hydrogen-bond donors (Lipinski definition) is 1. The zero-order chi connectivity index (χ0) is 12.3. The predicted molar refractivity (Wildman–Crippen MR) is 75.1 cm³/mol. The molecular weight excluding hydrogens is 220 g/mol. The summed E-state index contributed by atoms with van der Waals surface area (Å²) in [5, 5.41) is 1.48. The number of fused-ring (bicyclic) bond motifs is 5. The first-order chi connectivity index (χ1) is 8.72. The monoisotopic (exact) mass is 240 g/mol. The fraction of sp³-hybridized carbons (Fsp3) is 0.500. The summed E-state index contributed by atoms with van der Waals surface area (Å²) >= 11 is 0. The molecule has 2 heterocycles. The number of rotatable bonds is 0. The van der Waals surface area contributed by atoms with Gasteiger partial charge in [-0.3, -0.25) is 0 Å². The van der Waals surface area contributed by atoms with E-state index in [9.17, 15) is 0 Å². The predicted octanol–water partition coefficient (Wildman–Crippen LogP) is 3.07. The molecule has 0 amide bonds. The van der Waals surface area contributed by atoms with Crippen LogP contribution in [-0.4, -0.2) is 30.0 Å². The number of benzene rings is 1. The second-order valence-electron chi connectivity index (χ2n) is 6.19. The van der Waals surface area contributed by atoms with Crippen LogP contribution in [0.4, 0.5) is 0 Å². The molecule has 2 aromatic rings. The van der Waals surface area contributed by atoms with Gasteiger partial charge in [0.1, 0.15) is 0 Å². The van der Waals surface area contributed by atoms with E-state index in [4.69, 9.17) is 0 Å². The number of aryl methyl sites for hydroxylation is 2. The van der Waals surface area contributed by atoms with Crippen molar-refractivity contribution < 1.29 is 0 Å². The molecule has 2 atom stereocenters. The molecule has 2 nitrogen and oxygen atoms in total. The minimum Gasteiger partial charge on any atom is -0.358 e. The molecule has 0 bridgehead atoms. The largest absolute Gasteiger partial charge is 0.358 e. The molecule has 1 fully saturated rings. The average Bonchev–Trinajstić information content (AvgIpc) is 2.87. The highest BCUT2D eigenvalue weighted by Crippen LogP contribution is 2.44. The lowest BCUT2D eigenvalue weighted by Crippen LogP contribution is -2.18. The van der Waals surface area contributed by atoms with E-state index < -0.39 is 0 Å². The van der Waals surface area contributed by atoms with Crippen molar-refractivity contribution in [1.82, 2.24) is 9.88 Å². The second kappa shape index (κ2) is 3.61. The van der Waals surface area contributed by atoms with E-state index in [0.29, 0.717) is 0 Å². The average molecular weight is 240 g/mol. The number of hydrogen-bond acceptors (Lipinski definition) is 1. The van der Waals surface area contributed by atoms with E-state index >= 15 is 0 Å². The lowest BCUT2D eigenvalue weighted by Gasteiger charge is -2.25. The maximum atomic E-state index is 3.65. The molecule has 1 aliphatic carbocycles. The van der Waals surface area contributed by atoms with E-state index in [-0.39, 0.29) is 0 Å². The van der Waals surface area contributed by atoms with Crippen LogP contribution in [0, 0.1) is 12.8 Å². The summed E-state index contributed by atoms with van der Waals surface area (Å²) in [5.41, 5.74) is 5.85. The van der Waals surface area contributed by atoms with Crippen LogP contribution >= 0.6 is 0 Å². The van der Waals surface area contributed by atoms with Crippen LogP contribution in [0.3, 0.4) is 0 Å². The zero-order valence-corrected chi connectivity index (χ0v) is 11.2. The molecule has 0 unspecified atom stereocenters. The molecular formula is C16H20N2. The summed E-state index contributed by atoms with van der Waals surface area (Å²) in [7, 11) is 2.26. The van der Waals surface area contributed by atoms with Gasteiger partial charge in [0, 0.05) is 35.6 Å². The number of H-pyrrole nitrogens is 1. The van der Waals surface area contributed by atoms with Gasteiger partial charge in [0.05, 0.1) is 0 Å². The van der Waals surface area contributed by atoms with Gasteiger partial charge in [-0.25, -0.2) is 0 Å². The van der Waals surface area contributed by atoms with Gasteiger partial charge in [0.15, 0.2) is 0 Å². The Morgan fingerprint density at radius 1 is 1.28 bits per heavy atom. The Hall–Kier alpha value is -1.28. The first-order valence-electron chi connectivity index (χ1n) is 7.02. The Morgan fingerprint density at radius 2 is 2.17 bits per heavy atom. The van der Waals surface area contributed by atoms with Crippen molar-refractivity contribution in [3.05, 3.63) is 35.0 Å². The second-order valence-corrected chi connectivity index (χ2v) is 6.19. The highest BCUT2D eigenvalue weighted by atomic mass is 15.1. The molecule has 94 valence electrons. The molecule has 0 saturated carbocycles. The molecule has 1 saturated heterocycles. The Balaban J connectivity index is 1.94. The van der Waals surface area contributed by atoms with Gasteiger partial charge >= 0.3 is 0 Å². The Kier molecular flexibility index (Phi) is 2.13. The Bertz CT molecular complexity index is 611. The number of likely N-dealkylation sites (N-methyl/N-ethyl adjacent to an activating group) is 1. The molecule has 1 N–H and O–H groups in total. The fourth-order valence-corrected chi connectivity index (χ4v) is 4.04. The summed E-state index contributed by atoms with van der Waals surface area (Å²) in [6.45, 7) is 4.71. The highest BCUT2D eigenvalue weighted by molar-refractivity contribution is 5.86. The SMILES string of the molecule is Cc1ccc2[nH]c3c(c2c1)[C@@H]1CN(C)C[C@@H]1CC3. The van der Waals surface area contributed by atoms with E-state index in [1.165, 1.54) is 48.1 Å². The number of nitrogens with one attached hydrogen (secondary N) is 1. The smallest absolute Gasteiger partial charge is 0.0459 e. The number of nitrogens with zero attached hydrogens (tertiary/aromatic N) is 1. The standard InChI is InChI=1S/C16H20N2/c1-10-3-5-14-12(7-10)16-13-9-18(2)8-11(13)4-6-15(16)17-14/h3,5,7,11,13,17H,4,6,8-9H2,1-2H3/t11-,13+/m0/s1. The molecule has 4 rings (SSSR count). The molecule has 1 aromatic heterocycles. The van der Waals surface area contributed by atoms with Crippen molar-refractivity contribution in [3.63, 3.8) is 0 Å². The van der Waals surface area contributed by atoms with Crippen LogP contribution in [0.15, 0.2) is 18.2 Å². The Labute approximate surface area is 108 Å². The summed E-state index contributed by atoms with van der Waals surface area (Å²) in [5.74, 6) is 1.64. The third-order valence-corrected chi connectivity index (χ3v) is 4.84. The zero-order valence-electron chi connectivity index (χ0n) is 11.2. The van der Waals surface area contributed by atoms with Crippen LogP contribution in [0.2, 0.25) is 0 Å². The maximum Gasteiger partial charge on any atom is 0.0459 e. The quantitative estimate of drug-likeness (QED) is 0.750. The van der Waals surface area contributed by atoms with Crippen molar-refractivity contribution in [1.29, 1.82) is 0 Å². The Morgan fingerprint density at radius 3 is 3.06 bits per heavy atom. The van der Waals surface area contributed by atoms with Crippen LogP contribution in [0.25, 0.3) is 10.9 Å². The van der Waals surface area contributed by atoms with Gasteiger partial charge in [-0.2, -0.15) is 0 Å². The molecule has 1 aliphatic heterocycles. The van der Waals surface area contributed by atoms with E-state index in [1.807, 2.05) is 0 Å². The van der Waals surface area contributed by atoms with Gasteiger partial charge in [-0.1, -0.05) is 11.6 Å². The lowest BCUT2D eigenvalue weighted by atomic mass is 9.79. The van der Waals surface area contributed by atoms with Crippen molar-refractivity contribution in [2.45, 2.75) is 25.7 Å². The van der Waals surface area contributed by atoms with Gasteiger partial charge in [0.25, 0.3) is 0 Å². The molecule has 2 heteroatoms. The van der Waals surface area contributed by atoms with Gasteiger partial charge < -0.3 is 9.88 Å². The third-order valence-electron chi connectivity index (χ3n) is 4.84. The van der Waals surface area contributed by atoms with Crippen LogP contribution in [0.5, 0.6) is 0 Å². The van der Waals surface area contributed by atoms with Gasteiger partial charge in [-0.15, -0.1) is 0 Å². The van der Waals surface area contributed by atoms with E-state index in [0.717, 1.165) is 11.8 Å². The van der Waals surface area contributed by atoms with Gasteiger partial charge in [0.2, 0.25) is 0 Å². The number of likely N-dealkylation sites (tertiary alicyclic amines) is 1. The van der Waals surface area contributed by atoms with Crippen molar-refractivity contribution in [2.75, 3.05) is 20.1 Å². The summed E-state index contributed by atoms with van der Waals surface area (Å²) in [4.78, 5) is 6.15. The number of aromatic nitrogens is 1. The van der Waals surface area contributed by atoms with Crippen molar-refractivity contribution in [2.24, 2.45) is 5.92 Å². The summed E-state index contributed by atoms with van der Waals surface area (Å²) in [6.07, 6.45) is 2.59. The highest BCUT2D eigenvalue weighted by Gasteiger charge is 2.37. The van der Waals surface area contributed by atoms with Crippen LogP contribution in [0.1, 0.15) is 29.2 Å². The molecule has 0 spiro atoms. The minimum atomic E-state index is 0.759. The van der Waals surface area contributed by atoms with E-state index in [1.54, 1.807) is 5.56 Å². The van der Waals surface area contributed by atoms with Crippen LogP contribution in [-0.2, 0) is 6.42 Å². The van der Waals surface area contributed by atoms with Gasteiger partial charge in [-0.05, 0) is 50.4 Å².